The van der Waals surface area contributed by atoms with Crippen LogP contribution in [-0.2, 0) is 16.2 Å². The van der Waals surface area contributed by atoms with Crippen molar-refractivity contribution in [2.24, 2.45) is 0 Å². The lowest BCUT2D eigenvalue weighted by molar-refractivity contribution is -0.122. The summed E-state index contributed by atoms with van der Waals surface area (Å²) in [6.07, 6.45) is 1.43. The van der Waals surface area contributed by atoms with Gasteiger partial charge < -0.3 is 9.47 Å². The predicted molar refractivity (Wildman–Crippen MR) is 129 cm³/mol. The molecule has 0 radical (unpaired) electrons. The van der Waals surface area contributed by atoms with Crippen LogP contribution in [0.2, 0.25) is 5.02 Å². The van der Waals surface area contributed by atoms with Gasteiger partial charge in [0.1, 0.15) is 23.7 Å². The van der Waals surface area contributed by atoms with E-state index >= 15 is 0 Å². The first-order valence-electron chi connectivity index (χ1n) is 10.6. The SMILES string of the molecule is CCOc1ccc(N2C(=O)NC(=O)/C(=C\c3ccc(OCc4ccccc4Cl)cc3)C2=O)cc1. The van der Waals surface area contributed by atoms with Crippen LogP contribution < -0.4 is 19.7 Å². The number of rotatable bonds is 7. The first kappa shape index (κ1) is 23.1. The van der Waals surface area contributed by atoms with Gasteiger partial charge in [0.25, 0.3) is 11.8 Å². The number of ether oxygens (including phenoxy) is 2. The van der Waals surface area contributed by atoms with Gasteiger partial charge in [-0.25, -0.2) is 9.69 Å². The Balaban J connectivity index is 1.50. The average molecular weight is 477 g/mol. The monoisotopic (exact) mass is 476 g/mol. The smallest absolute Gasteiger partial charge is 0.335 e. The van der Waals surface area contributed by atoms with Crippen molar-refractivity contribution in [3.05, 3.63) is 94.5 Å². The summed E-state index contributed by atoms with van der Waals surface area (Å²) >= 11 is 6.15. The van der Waals surface area contributed by atoms with Crippen LogP contribution in [0.25, 0.3) is 6.08 Å². The topological polar surface area (TPSA) is 84.9 Å². The molecule has 1 aliphatic rings. The molecule has 1 aliphatic heterocycles. The molecule has 4 amide bonds. The van der Waals surface area contributed by atoms with Crippen LogP contribution in [-0.4, -0.2) is 24.5 Å². The van der Waals surface area contributed by atoms with Crippen molar-refractivity contribution < 1.29 is 23.9 Å². The number of halogens is 1. The van der Waals surface area contributed by atoms with Gasteiger partial charge in [-0.1, -0.05) is 41.9 Å². The number of carbonyl (C=O) groups excluding carboxylic acids is 3. The first-order valence-corrected chi connectivity index (χ1v) is 10.9. The number of hydrogen-bond acceptors (Lipinski definition) is 5. The molecule has 1 heterocycles. The normalized spacial score (nSPS) is 14.8. The standard InChI is InChI=1S/C26H21ClN2O5/c1-2-33-20-13-9-19(10-14-20)29-25(31)22(24(30)28-26(29)32)15-17-7-11-21(12-8-17)34-16-18-5-3-4-6-23(18)27/h3-15H,2,16H2,1H3,(H,28,30,32)/b22-15+. The van der Waals surface area contributed by atoms with Gasteiger partial charge >= 0.3 is 6.03 Å². The van der Waals surface area contributed by atoms with Crippen molar-refractivity contribution in [3.8, 4) is 11.5 Å². The van der Waals surface area contributed by atoms with E-state index in [9.17, 15) is 14.4 Å². The molecule has 0 unspecified atom stereocenters. The third-order valence-electron chi connectivity index (χ3n) is 5.05. The molecule has 3 aromatic rings. The summed E-state index contributed by atoms with van der Waals surface area (Å²) in [6.45, 7) is 2.66. The summed E-state index contributed by atoms with van der Waals surface area (Å²) in [6, 6.07) is 20.0. The maximum atomic E-state index is 13.0. The van der Waals surface area contributed by atoms with Crippen molar-refractivity contribution in [1.82, 2.24) is 5.32 Å². The minimum absolute atomic E-state index is 0.154. The second kappa shape index (κ2) is 10.2. The summed E-state index contributed by atoms with van der Waals surface area (Å²) in [5.41, 5.74) is 1.63. The zero-order valence-corrected chi connectivity index (χ0v) is 19.0. The molecule has 1 N–H and O–H groups in total. The third-order valence-corrected chi connectivity index (χ3v) is 5.42. The number of carbonyl (C=O) groups is 3. The predicted octanol–water partition coefficient (Wildman–Crippen LogP) is 4.98. The number of benzene rings is 3. The summed E-state index contributed by atoms with van der Waals surface area (Å²) < 4.78 is 11.2. The summed E-state index contributed by atoms with van der Waals surface area (Å²) in [7, 11) is 0. The van der Waals surface area contributed by atoms with E-state index in [2.05, 4.69) is 5.32 Å². The van der Waals surface area contributed by atoms with Crippen LogP contribution in [0.3, 0.4) is 0 Å². The second-order valence-electron chi connectivity index (χ2n) is 7.33. The molecular formula is C26H21ClN2O5. The lowest BCUT2D eigenvalue weighted by Gasteiger charge is -2.26. The van der Waals surface area contributed by atoms with Crippen molar-refractivity contribution in [3.63, 3.8) is 0 Å². The Morgan fingerprint density at radius 2 is 1.53 bits per heavy atom. The maximum absolute atomic E-state index is 13.0. The second-order valence-corrected chi connectivity index (χ2v) is 7.74. The fraction of sp³-hybridized carbons (Fsp3) is 0.115. The van der Waals surface area contributed by atoms with Crippen molar-refractivity contribution in [1.29, 1.82) is 0 Å². The minimum Gasteiger partial charge on any atom is -0.494 e. The fourth-order valence-corrected chi connectivity index (χ4v) is 3.54. The van der Waals surface area contributed by atoms with E-state index in [1.165, 1.54) is 6.08 Å². The molecule has 4 rings (SSSR count). The Bertz CT molecular complexity index is 1250. The Hall–Kier alpha value is -4.10. The summed E-state index contributed by atoms with van der Waals surface area (Å²) in [5.74, 6) is -0.249. The number of amides is 4. The molecule has 1 fully saturated rings. The highest BCUT2D eigenvalue weighted by atomic mass is 35.5. The van der Waals surface area contributed by atoms with E-state index in [-0.39, 0.29) is 5.57 Å². The van der Waals surface area contributed by atoms with Gasteiger partial charge in [-0.05, 0) is 61.0 Å². The molecule has 0 aromatic heterocycles. The van der Waals surface area contributed by atoms with Gasteiger partial charge in [-0.15, -0.1) is 0 Å². The highest BCUT2D eigenvalue weighted by molar-refractivity contribution is 6.39. The van der Waals surface area contributed by atoms with Gasteiger partial charge in [0.2, 0.25) is 0 Å². The van der Waals surface area contributed by atoms with E-state index in [1.807, 2.05) is 25.1 Å². The van der Waals surface area contributed by atoms with Crippen molar-refractivity contribution in [2.75, 3.05) is 11.5 Å². The fourth-order valence-electron chi connectivity index (χ4n) is 3.35. The Labute approximate surface area is 201 Å². The molecule has 8 heteroatoms. The quantitative estimate of drug-likeness (QED) is 0.384. The van der Waals surface area contributed by atoms with Gasteiger partial charge in [0, 0.05) is 10.6 Å². The number of anilines is 1. The largest absolute Gasteiger partial charge is 0.494 e. The van der Waals surface area contributed by atoms with Crippen LogP contribution in [0, 0.1) is 0 Å². The Morgan fingerprint density at radius 1 is 0.882 bits per heavy atom. The number of imide groups is 2. The number of nitrogens with zero attached hydrogens (tertiary/aromatic N) is 1. The van der Waals surface area contributed by atoms with E-state index in [0.29, 0.717) is 41.0 Å². The van der Waals surface area contributed by atoms with Crippen LogP contribution in [0.15, 0.2) is 78.4 Å². The van der Waals surface area contributed by atoms with E-state index < -0.39 is 17.8 Å². The number of urea groups is 1. The van der Waals surface area contributed by atoms with Gasteiger partial charge in [0.05, 0.1) is 12.3 Å². The highest BCUT2D eigenvalue weighted by Crippen LogP contribution is 2.25. The number of hydrogen-bond donors (Lipinski definition) is 1. The summed E-state index contributed by atoms with van der Waals surface area (Å²) in [4.78, 5) is 38.7. The molecule has 0 aliphatic carbocycles. The van der Waals surface area contributed by atoms with Crippen LogP contribution in [0.5, 0.6) is 11.5 Å². The van der Waals surface area contributed by atoms with Crippen LogP contribution in [0.1, 0.15) is 18.1 Å². The molecule has 0 bridgehead atoms. The lowest BCUT2D eigenvalue weighted by Crippen LogP contribution is -2.54. The van der Waals surface area contributed by atoms with Gasteiger partial charge in [-0.2, -0.15) is 0 Å². The average Bonchev–Trinajstić information content (AvgIpc) is 2.83. The zero-order valence-electron chi connectivity index (χ0n) is 18.3. The van der Waals surface area contributed by atoms with Gasteiger partial charge in [0.15, 0.2) is 0 Å². The molecule has 0 spiro atoms. The van der Waals surface area contributed by atoms with Crippen LogP contribution >= 0.6 is 11.6 Å². The molecule has 1 saturated heterocycles. The molecule has 0 atom stereocenters. The Kier molecular flexibility index (Phi) is 6.94. The molecule has 7 nitrogen and oxygen atoms in total. The molecule has 3 aromatic carbocycles. The van der Waals surface area contributed by atoms with Gasteiger partial charge in [-0.3, -0.25) is 14.9 Å². The first-order chi connectivity index (χ1) is 16.5. The minimum atomic E-state index is -0.806. The van der Waals surface area contributed by atoms with Crippen molar-refractivity contribution in [2.45, 2.75) is 13.5 Å². The summed E-state index contributed by atoms with van der Waals surface area (Å²) in [5, 5.41) is 2.84. The van der Waals surface area contributed by atoms with E-state index in [0.717, 1.165) is 10.5 Å². The van der Waals surface area contributed by atoms with E-state index in [4.69, 9.17) is 21.1 Å². The maximum Gasteiger partial charge on any atom is 0.335 e. The lowest BCUT2D eigenvalue weighted by atomic mass is 10.1. The Morgan fingerprint density at radius 3 is 2.21 bits per heavy atom. The molecule has 172 valence electrons. The van der Waals surface area contributed by atoms with E-state index in [1.54, 1.807) is 54.6 Å². The number of barbiturate groups is 1. The van der Waals surface area contributed by atoms with Crippen molar-refractivity contribution >= 4 is 41.2 Å². The number of nitrogens with one attached hydrogen (secondary N) is 1. The zero-order chi connectivity index (χ0) is 24.1. The van der Waals surface area contributed by atoms with Crippen LogP contribution in [0.4, 0.5) is 10.5 Å². The molecule has 0 saturated carbocycles. The third kappa shape index (κ3) is 5.10. The molecule has 34 heavy (non-hydrogen) atoms. The highest BCUT2D eigenvalue weighted by Gasteiger charge is 2.36. The molecular weight excluding hydrogens is 456 g/mol.